The average Bonchev–Trinajstić information content (AvgIpc) is 2.92. The molecule has 3 aromatic rings. The molecule has 1 aliphatic carbocycles. The second-order valence-corrected chi connectivity index (χ2v) is 6.81. The fourth-order valence-corrected chi connectivity index (χ4v) is 3.63. The van der Waals surface area contributed by atoms with E-state index in [1.165, 1.54) is 25.7 Å². The van der Waals surface area contributed by atoms with Crippen molar-refractivity contribution in [2.24, 2.45) is 0 Å². The molecule has 0 atom stereocenters. The van der Waals surface area contributed by atoms with Crippen molar-refractivity contribution in [2.75, 3.05) is 0 Å². The topological polar surface area (TPSA) is 46.9 Å². The third-order valence-electron chi connectivity index (χ3n) is 5.05. The van der Waals surface area contributed by atoms with Crippen molar-refractivity contribution in [1.82, 2.24) is 14.9 Å². The maximum absolute atomic E-state index is 12.5. The summed E-state index contributed by atoms with van der Waals surface area (Å²) in [5.41, 5.74) is 3.77. The highest BCUT2D eigenvalue weighted by Crippen LogP contribution is 2.20. The molecule has 128 valence electrons. The summed E-state index contributed by atoms with van der Waals surface area (Å²) in [4.78, 5) is 16.9. The van der Waals surface area contributed by atoms with E-state index in [0.29, 0.717) is 6.04 Å². The molecule has 4 heteroatoms. The van der Waals surface area contributed by atoms with Gasteiger partial charge in [-0.2, -0.15) is 0 Å². The number of nitrogens with zero attached hydrogens (tertiary/aromatic N) is 2. The monoisotopic (exact) mass is 333 g/mol. The van der Waals surface area contributed by atoms with Crippen LogP contribution in [0.2, 0.25) is 0 Å². The summed E-state index contributed by atoms with van der Waals surface area (Å²) >= 11 is 0. The second-order valence-electron chi connectivity index (χ2n) is 6.81. The lowest BCUT2D eigenvalue weighted by molar-refractivity contribution is 0.0933. The highest BCUT2D eigenvalue weighted by atomic mass is 16.1. The van der Waals surface area contributed by atoms with Gasteiger partial charge in [0.15, 0.2) is 0 Å². The maximum atomic E-state index is 12.5. The van der Waals surface area contributed by atoms with E-state index in [-0.39, 0.29) is 5.91 Å². The summed E-state index contributed by atoms with van der Waals surface area (Å²) in [6.45, 7) is 0. The van der Waals surface area contributed by atoms with Crippen molar-refractivity contribution in [1.29, 1.82) is 0 Å². The molecule has 0 bridgehead atoms. The summed E-state index contributed by atoms with van der Waals surface area (Å²) in [5.74, 6) is 0.0361. The number of hydrogen-bond donors (Lipinski definition) is 1. The Morgan fingerprint density at radius 2 is 1.68 bits per heavy atom. The molecule has 0 unspecified atom stereocenters. The summed E-state index contributed by atoms with van der Waals surface area (Å²) < 4.78 is 2.04. The number of benzene rings is 2. The van der Waals surface area contributed by atoms with Gasteiger partial charge in [0, 0.05) is 17.3 Å². The normalized spacial score (nSPS) is 15.8. The van der Waals surface area contributed by atoms with Gasteiger partial charge in [-0.15, -0.1) is 0 Å². The van der Waals surface area contributed by atoms with E-state index in [0.717, 1.165) is 35.1 Å². The predicted octanol–water partition coefficient (Wildman–Crippen LogP) is 4.48. The van der Waals surface area contributed by atoms with E-state index in [1.807, 2.05) is 53.4 Å². The highest BCUT2D eigenvalue weighted by Gasteiger charge is 2.15. The minimum absolute atomic E-state index is 0.0361. The number of amides is 1. The number of nitrogens with one attached hydrogen (secondary N) is 1. The smallest absolute Gasteiger partial charge is 0.251 e. The molecule has 1 fully saturated rings. The third kappa shape index (κ3) is 3.43. The average molecular weight is 333 g/mol. The summed E-state index contributed by atoms with van der Waals surface area (Å²) in [6, 6.07) is 16.1. The highest BCUT2D eigenvalue weighted by molar-refractivity contribution is 5.94. The molecular formula is C21H23N3O. The van der Waals surface area contributed by atoms with Crippen LogP contribution in [0.4, 0.5) is 0 Å². The Bertz CT molecular complexity index is 858. The van der Waals surface area contributed by atoms with E-state index in [4.69, 9.17) is 0 Å². The second kappa shape index (κ2) is 7.09. The van der Waals surface area contributed by atoms with Crippen molar-refractivity contribution >= 4 is 16.9 Å². The SMILES string of the molecule is O=C(NC1CCCCCC1)c1ccc(-n2cnc3ccccc32)cc1. The number of carbonyl (C=O) groups excluding carboxylic acids is 1. The van der Waals surface area contributed by atoms with E-state index in [9.17, 15) is 4.79 Å². The number of fused-ring (bicyclic) bond motifs is 1. The quantitative estimate of drug-likeness (QED) is 0.719. The van der Waals surface area contributed by atoms with Crippen LogP contribution < -0.4 is 5.32 Å². The van der Waals surface area contributed by atoms with E-state index in [1.54, 1.807) is 0 Å². The zero-order valence-corrected chi connectivity index (χ0v) is 14.3. The van der Waals surface area contributed by atoms with Crippen molar-refractivity contribution < 1.29 is 4.79 Å². The Hall–Kier alpha value is -2.62. The standard InChI is InChI=1S/C21H23N3O/c25-21(23-17-7-3-1-2-4-8-17)16-11-13-18(14-12-16)24-15-22-19-9-5-6-10-20(19)24/h5-6,9-15,17H,1-4,7-8H2,(H,23,25). The first kappa shape index (κ1) is 15.9. The van der Waals surface area contributed by atoms with Crippen LogP contribution in [0.5, 0.6) is 0 Å². The van der Waals surface area contributed by atoms with E-state index >= 15 is 0 Å². The first-order chi connectivity index (χ1) is 12.3. The van der Waals surface area contributed by atoms with Gasteiger partial charge in [-0.25, -0.2) is 4.98 Å². The molecule has 0 aliphatic heterocycles. The first-order valence-corrected chi connectivity index (χ1v) is 9.15. The fraction of sp³-hybridized carbons (Fsp3) is 0.333. The van der Waals surface area contributed by atoms with Crippen LogP contribution in [0.15, 0.2) is 54.9 Å². The molecule has 2 aromatic carbocycles. The molecule has 1 saturated carbocycles. The van der Waals surface area contributed by atoms with Crippen LogP contribution in [0.25, 0.3) is 16.7 Å². The van der Waals surface area contributed by atoms with Gasteiger partial charge in [-0.05, 0) is 49.2 Å². The van der Waals surface area contributed by atoms with Gasteiger partial charge in [0.2, 0.25) is 0 Å². The molecule has 1 N–H and O–H groups in total. The molecule has 1 heterocycles. The number of hydrogen-bond acceptors (Lipinski definition) is 2. The molecule has 0 spiro atoms. The molecule has 0 saturated heterocycles. The molecule has 1 aromatic heterocycles. The van der Waals surface area contributed by atoms with Crippen molar-refractivity contribution in [2.45, 2.75) is 44.6 Å². The van der Waals surface area contributed by atoms with Crippen LogP contribution in [0.1, 0.15) is 48.9 Å². The molecule has 4 rings (SSSR count). The van der Waals surface area contributed by atoms with E-state index in [2.05, 4.69) is 16.4 Å². The van der Waals surface area contributed by atoms with Crippen LogP contribution in [-0.2, 0) is 0 Å². The van der Waals surface area contributed by atoms with Gasteiger partial charge in [0.05, 0.1) is 11.0 Å². The zero-order valence-electron chi connectivity index (χ0n) is 14.3. The van der Waals surface area contributed by atoms with Crippen molar-refractivity contribution in [3.05, 3.63) is 60.4 Å². The van der Waals surface area contributed by atoms with Crippen LogP contribution in [0.3, 0.4) is 0 Å². The van der Waals surface area contributed by atoms with Gasteiger partial charge in [-0.1, -0.05) is 37.8 Å². The molecule has 1 aliphatic rings. The number of para-hydroxylation sites is 2. The Morgan fingerprint density at radius 3 is 2.44 bits per heavy atom. The predicted molar refractivity (Wildman–Crippen MR) is 100 cm³/mol. The van der Waals surface area contributed by atoms with Gasteiger partial charge >= 0.3 is 0 Å². The number of imidazole rings is 1. The summed E-state index contributed by atoms with van der Waals surface area (Å²) in [7, 11) is 0. The summed E-state index contributed by atoms with van der Waals surface area (Å²) in [6.07, 6.45) is 9.05. The summed E-state index contributed by atoms with van der Waals surface area (Å²) in [5, 5.41) is 3.20. The van der Waals surface area contributed by atoms with Gasteiger partial charge in [0.25, 0.3) is 5.91 Å². The lowest BCUT2D eigenvalue weighted by Crippen LogP contribution is -2.34. The minimum atomic E-state index is 0.0361. The van der Waals surface area contributed by atoms with Crippen molar-refractivity contribution in [3.8, 4) is 5.69 Å². The van der Waals surface area contributed by atoms with Crippen LogP contribution in [-0.4, -0.2) is 21.5 Å². The number of carbonyl (C=O) groups is 1. The van der Waals surface area contributed by atoms with Crippen LogP contribution >= 0.6 is 0 Å². The van der Waals surface area contributed by atoms with E-state index < -0.39 is 0 Å². The van der Waals surface area contributed by atoms with Gasteiger partial charge in [-0.3, -0.25) is 9.36 Å². The Morgan fingerprint density at radius 1 is 0.960 bits per heavy atom. The first-order valence-electron chi connectivity index (χ1n) is 9.15. The minimum Gasteiger partial charge on any atom is -0.349 e. The lowest BCUT2D eigenvalue weighted by Gasteiger charge is -2.16. The van der Waals surface area contributed by atoms with Gasteiger partial charge < -0.3 is 5.32 Å². The molecule has 0 radical (unpaired) electrons. The Balaban J connectivity index is 1.50. The fourth-order valence-electron chi connectivity index (χ4n) is 3.63. The zero-order chi connectivity index (χ0) is 17.1. The molecule has 25 heavy (non-hydrogen) atoms. The van der Waals surface area contributed by atoms with Gasteiger partial charge in [0.1, 0.15) is 6.33 Å². The number of rotatable bonds is 3. The Labute approximate surface area is 147 Å². The largest absolute Gasteiger partial charge is 0.349 e. The Kier molecular flexibility index (Phi) is 4.51. The molecular weight excluding hydrogens is 310 g/mol. The van der Waals surface area contributed by atoms with Crippen LogP contribution in [0, 0.1) is 0 Å². The lowest BCUT2D eigenvalue weighted by atomic mass is 10.1. The molecule has 4 nitrogen and oxygen atoms in total. The number of aromatic nitrogens is 2. The maximum Gasteiger partial charge on any atom is 0.251 e. The third-order valence-corrected chi connectivity index (χ3v) is 5.05. The molecule has 1 amide bonds. The van der Waals surface area contributed by atoms with Crippen molar-refractivity contribution in [3.63, 3.8) is 0 Å².